The lowest BCUT2D eigenvalue weighted by Crippen LogP contribution is -2.07. The fourth-order valence-corrected chi connectivity index (χ4v) is 3.42. The highest BCUT2D eigenvalue weighted by molar-refractivity contribution is 7.89. The Kier molecular flexibility index (Phi) is 3.39. The molecule has 0 radical (unpaired) electrons. The summed E-state index contributed by atoms with van der Waals surface area (Å²) in [4.78, 5) is 4.17. The smallest absolute Gasteiger partial charge is 0.210 e. The molecule has 6 heteroatoms. The molecule has 0 aliphatic carbocycles. The van der Waals surface area contributed by atoms with Gasteiger partial charge in [0.15, 0.2) is 15.4 Å². The molecular weight excluding hydrogens is 288 g/mol. The summed E-state index contributed by atoms with van der Waals surface area (Å²) in [5, 5.41) is 0. The molecule has 0 atom stereocenters. The third kappa shape index (κ3) is 3.22. The van der Waals surface area contributed by atoms with Crippen molar-refractivity contribution < 1.29 is 12.8 Å². The molecule has 0 spiro atoms. The molecule has 0 saturated heterocycles. The molecule has 3 aromatic rings. The van der Waals surface area contributed by atoms with Crippen LogP contribution in [0.25, 0.3) is 11.1 Å². The Morgan fingerprint density at radius 1 is 1.05 bits per heavy atom. The van der Waals surface area contributed by atoms with E-state index in [-0.39, 0.29) is 17.4 Å². The van der Waals surface area contributed by atoms with Gasteiger partial charge < -0.3 is 10.2 Å². The van der Waals surface area contributed by atoms with Crippen LogP contribution in [0.4, 0.5) is 5.69 Å². The van der Waals surface area contributed by atoms with Crippen LogP contribution in [0.2, 0.25) is 0 Å². The van der Waals surface area contributed by atoms with Gasteiger partial charge in [-0.1, -0.05) is 30.3 Å². The van der Waals surface area contributed by atoms with Crippen LogP contribution in [-0.2, 0) is 21.3 Å². The van der Waals surface area contributed by atoms with Crippen LogP contribution < -0.4 is 5.73 Å². The quantitative estimate of drug-likeness (QED) is 0.748. The summed E-state index contributed by atoms with van der Waals surface area (Å²) in [6.45, 7) is 0. The average molecular weight is 302 g/mol. The van der Waals surface area contributed by atoms with Crippen molar-refractivity contribution in [3.63, 3.8) is 0 Å². The molecular formula is C15H14N2O3S. The predicted octanol–water partition coefficient (Wildman–Crippen LogP) is 2.53. The largest absolute Gasteiger partial charge is 0.440 e. The van der Waals surface area contributed by atoms with E-state index in [1.165, 1.54) is 0 Å². The number of sulfone groups is 1. The van der Waals surface area contributed by atoms with Gasteiger partial charge in [-0.3, -0.25) is 0 Å². The van der Waals surface area contributed by atoms with E-state index in [1.54, 1.807) is 30.3 Å². The van der Waals surface area contributed by atoms with Crippen molar-refractivity contribution in [2.45, 2.75) is 11.5 Å². The maximum atomic E-state index is 12.2. The summed E-state index contributed by atoms with van der Waals surface area (Å²) in [6.07, 6.45) is 0. The highest BCUT2D eigenvalue weighted by atomic mass is 32.2. The Balaban J connectivity index is 1.83. The average Bonchev–Trinajstić information content (AvgIpc) is 2.79. The summed E-state index contributed by atoms with van der Waals surface area (Å²) >= 11 is 0. The summed E-state index contributed by atoms with van der Waals surface area (Å²) in [5.74, 6) is -0.0721. The zero-order valence-corrected chi connectivity index (χ0v) is 12.0. The van der Waals surface area contributed by atoms with Crippen LogP contribution in [0.1, 0.15) is 11.5 Å². The predicted molar refractivity (Wildman–Crippen MR) is 81.2 cm³/mol. The molecule has 2 aromatic carbocycles. The van der Waals surface area contributed by atoms with Crippen LogP contribution in [0.5, 0.6) is 0 Å². The number of rotatable bonds is 4. The summed E-state index contributed by atoms with van der Waals surface area (Å²) in [5.41, 5.74) is 8.08. The van der Waals surface area contributed by atoms with Crippen LogP contribution in [0.15, 0.2) is 52.9 Å². The van der Waals surface area contributed by atoms with E-state index in [4.69, 9.17) is 10.2 Å². The van der Waals surface area contributed by atoms with Crippen LogP contribution in [-0.4, -0.2) is 13.4 Å². The number of nitrogens with two attached hydrogens (primary N) is 1. The molecule has 0 unspecified atom stereocenters. The van der Waals surface area contributed by atoms with E-state index < -0.39 is 9.84 Å². The van der Waals surface area contributed by atoms with Crippen LogP contribution >= 0.6 is 0 Å². The van der Waals surface area contributed by atoms with Gasteiger partial charge in [0.2, 0.25) is 5.89 Å². The first-order valence-corrected chi connectivity index (χ1v) is 8.23. The van der Waals surface area contributed by atoms with Crippen molar-refractivity contribution in [3.8, 4) is 0 Å². The zero-order valence-electron chi connectivity index (χ0n) is 11.2. The van der Waals surface area contributed by atoms with Crippen LogP contribution in [0, 0.1) is 0 Å². The van der Waals surface area contributed by atoms with Crippen molar-refractivity contribution in [1.29, 1.82) is 0 Å². The number of oxazole rings is 1. The Bertz CT molecular complexity index is 870. The maximum absolute atomic E-state index is 12.2. The first-order valence-electron chi connectivity index (χ1n) is 6.41. The van der Waals surface area contributed by atoms with Crippen molar-refractivity contribution in [2.75, 3.05) is 5.73 Å². The second-order valence-corrected chi connectivity index (χ2v) is 6.92. The van der Waals surface area contributed by atoms with Gasteiger partial charge in [0.05, 0.1) is 5.75 Å². The Morgan fingerprint density at radius 2 is 1.81 bits per heavy atom. The standard InChI is InChI=1S/C15H14N2O3S/c16-12-6-7-14-13(8-12)17-15(20-14)10-21(18,19)9-11-4-2-1-3-5-11/h1-8H,9-10,16H2. The lowest BCUT2D eigenvalue weighted by Gasteiger charge is -2.01. The number of hydrogen-bond acceptors (Lipinski definition) is 5. The molecule has 0 saturated carbocycles. The minimum absolute atomic E-state index is 0.0330. The van der Waals surface area contributed by atoms with Crippen molar-refractivity contribution >= 4 is 26.6 Å². The summed E-state index contributed by atoms with van der Waals surface area (Å²) < 4.78 is 29.8. The summed E-state index contributed by atoms with van der Waals surface area (Å²) in [7, 11) is -3.33. The normalized spacial score (nSPS) is 11.8. The molecule has 0 aliphatic heterocycles. The van der Waals surface area contributed by atoms with Gasteiger partial charge in [-0.25, -0.2) is 13.4 Å². The van der Waals surface area contributed by atoms with Gasteiger partial charge >= 0.3 is 0 Å². The first kappa shape index (κ1) is 13.6. The topological polar surface area (TPSA) is 86.2 Å². The Morgan fingerprint density at radius 3 is 2.57 bits per heavy atom. The highest BCUT2D eigenvalue weighted by Crippen LogP contribution is 2.20. The van der Waals surface area contributed by atoms with Crippen molar-refractivity contribution in [3.05, 3.63) is 60.0 Å². The number of nitrogen functional groups attached to an aromatic ring is 1. The monoisotopic (exact) mass is 302 g/mol. The van der Waals surface area contributed by atoms with Gasteiger partial charge in [-0.2, -0.15) is 0 Å². The first-order chi connectivity index (χ1) is 10.0. The molecule has 1 aromatic heterocycles. The molecule has 21 heavy (non-hydrogen) atoms. The van der Waals surface area contributed by atoms with Crippen molar-refractivity contribution in [2.24, 2.45) is 0 Å². The SMILES string of the molecule is Nc1ccc2oc(CS(=O)(=O)Cc3ccccc3)nc2c1. The number of hydrogen-bond donors (Lipinski definition) is 1. The lowest BCUT2D eigenvalue weighted by molar-refractivity contribution is 0.540. The Labute approximate surface area is 122 Å². The third-order valence-electron chi connectivity index (χ3n) is 3.03. The summed E-state index contributed by atoms with van der Waals surface area (Å²) in [6, 6.07) is 14.1. The van der Waals surface area contributed by atoms with Crippen LogP contribution in [0.3, 0.4) is 0 Å². The minimum Gasteiger partial charge on any atom is -0.440 e. The third-order valence-corrected chi connectivity index (χ3v) is 4.49. The number of nitrogens with zero attached hydrogens (tertiary/aromatic N) is 1. The second kappa shape index (κ2) is 5.21. The number of benzene rings is 2. The van der Waals surface area contributed by atoms with E-state index in [9.17, 15) is 8.42 Å². The molecule has 0 aliphatic rings. The van der Waals surface area contributed by atoms with E-state index in [1.807, 2.05) is 18.2 Å². The van der Waals surface area contributed by atoms with Gasteiger partial charge in [-0.15, -0.1) is 0 Å². The van der Waals surface area contributed by atoms with E-state index >= 15 is 0 Å². The fraction of sp³-hybridized carbons (Fsp3) is 0.133. The molecule has 108 valence electrons. The van der Waals surface area contributed by atoms with Gasteiger partial charge in [-0.05, 0) is 23.8 Å². The number of anilines is 1. The molecule has 5 nitrogen and oxygen atoms in total. The zero-order chi connectivity index (χ0) is 14.9. The molecule has 1 heterocycles. The maximum Gasteiger partial charge on any atom is 0.210 e. The molecule has 3 rings (SSSR count). The molecule has 0 fully saturated rings. The highest BCUT2D eigenvalue weighted by Gasteiger charge is 2.17. The Hall–Kier alpha value is -2.34. The van der Waals surface area contributed by atoms with Gasteiger partial charge in [0.25, 0.3) is 0 Å². The van der Waals surface area contributed by atoms with E-state index in [2.05, 4.69) is 4.98 Å². The molecule has 0 bridgehead atoms. The second-order valence-electron chi connectivity index (χ2n) is 4.85. The fourth-order valence-electron chi connectivity index (χ4n) is 2.12. The molecule has 2 N–H and O–H groups in total. The van der Waals surface area contributed by atoms with Crippen molar-refractivity contribution in [1.82, 2.24) is 4.98 Å². The lowest BCUT2D eigenvalue weighted by atomic mass is 10.2. The molecule has 0 amide bonds. The van der Waals surface area contributed by atoms with E-state index in [0.717, 1.165) is 5.56 Å². The number of aromatic nitrogens is 1. The van der Waals surface area contributed by atoms with Gasteiger partial charge in [0.1, 0.15) is 11.3 Å². The van der Waals surface area contributed by atoms with Gasteiger partial charge in [0, 0.05) is 5.69 Å². The minimum atomic E-state index is -3.33. The van der Waals surface area contributed by atoms with E-state index in [0.29, 0.717) is 16.8 Å². The number of fused-ring (bicyclic) bond motifs is 1.